The molecule has 2 saturated heterocycles. The molecule has 0 radical (unpaired) electrons. The van der Waals surface area contributed by atoms with Crippen LogP contribution in [0.3, 0.4) is 0 Å². The number of carbonyl (C=O) groups is 2. The van der Waals surface area contributed by atoms with Gasteiger partial charge in [0, 0.05) is 12.3 Å². The summed E-state index contributed by atoms with van der Waals surface area (Å²) in [6.07, 6.45) is 0.586. The number of hydrogen-bond acceptors (Lipinski definition) is 4. The summed E-state index contributed by atoms with van der Waals surface area (Å²) in [6.45, 7) is 0.896. The van der Waals surface area contributed by atoms with Gasteiger partial charge in [-0.1, -0.05) is 36.4 Å². The first-order valence-electron chi connectivity index (χ1n) is 10.0. The van der Waals surface area contributed by atoms with Crippen molar-refractivity contribution in [1.29, 1.82) is 0 Å². The molecular formula is C23H23F2NO4. The van der Waals surface area contributed by atoms with Crippen LogP contribution in [0, 0.1) is 17.6 Å². The summed E-state index contributed by atoms with van der Waals surface area (Å²) in [4.78, 5) is 27.2. The molecule has 4 rings (SSSR count). The predicted molar refractivity (Wildman–Crippen MR) is 105 cm³/mol. The largest absolute Gasteiger partial charge is 0.445 e. The molecule has 2 fully saturated rings. The molecule has 1 amide bonds. The zero-order valence-electron chi connectivity index (χ0n) is 16.4. The number of hydrogen-bond donors (Lipinski definition) is 0. The van der Waals surface area contributed by atoms with E-state index >= 15 is 0 Å². The van der Waals surface area contributed by atoms with Crippen molar-refractivity contribution in [3.8, 4) is 0 Å². The average Bonchev–Trinajstić information content (AvgIpc) is 2.74. The molecule has 2 aliphatic heterocycles. The number of nitrogens with zero attached hydrogens (tertiary/aromatic N) is 1. The molecule has 2 bridgehead atoms. The Labute approximate surface area is 173 Å². The number of benzene rings is 2. The van der Waals surface area contributed by atoms with E-state index in [1.165, 1.54) is 6.07 Å². The van der Waals surface area contributed by atoms with Crippen molar-refractivity contribution in [3.63, 3.8) is 0 Å². The third-order valence-electron chi connectivity index (χ3n) is 5.75. The van der Waals surface area contributed by atoms with E-state index < -0.39 is 17.7 Å². The fourth-order valence-electron chi connectivity index (χ4n) is 4.27. The molecule has 7 heteroatoms. The van der Waals surface area contributed by atoms with Crippen molar-refractivity contribution in [2.75, 3.05) is 13.2 Å². The Hall–Kier alpha value is -2.80. The molecule has 0 aliphatic carbocycles. The lowest BCUT2D eigenvalue weighted by molar-refractivity contribution is -0.130. The number of ether oxygens (including phenoxy) is 2. The third-order valence-corrected chi connectivity index (χ3v) is 5.75. The number of rotatable bonds is 5. The van der Waals surface area contributed by atoms with E-state index in [-0.39, 0.29) is 36.8 Å². The average molecular weight is 415 g/mol. The molecule has 5 nitrogen and oxygen atoms in total. The van der Waals surface area contributed by atoms with E-state index in [1.807, 2.05) is 30.3 Å². The van der Waals surface area contributed by atoms with Gasteiger partial charge in [-0.25, -0.2) is 13.6 Å². The number of ketones is 1. The maximum absolute atomic E-state index is 13.4. The number of halogens is 2. The number of morpholine rings is 1. The van der Waals surface area contributed by atoms with E-state index in [0.29, 0.717) is 31.6 Å². The van der Waals surface area contributed by atoms with Gasteiger partial charge in [0.25, 0.3) is 0 Å². The van der Waals surface area contributed by atoms with Crippen LogP contribution in [0.4, 0.5) is 13.6 Å². The lowest BCUT2D eigenvalue weighted by Gasteiger charge is -2.47. The van der Waals surface area contributed by atoms with Crippen LogP contribution in [0.1, 0.15) is 24.0 Å². The van der Waals surface area contributed by atoms with Crippen molar-refractivity contribution < 1.29 is 27.8 Å². The summed E-state index contributed by atoms with van der Waals surface area (Å²) in [5.74, 6) is -2.17. The van der Waals surface area contributed by atoms with Gasteiger partial charge < -0.3 is 9.47 Å². The molecule has 0 saturated carbocycles. The highest BCUT2D eigenvalue weighted by molar-refractivity contribution is 5.84. The Morgan fingerprint density at radius 2 is 1.67 bits per heavy atom. The molecular weight excluding hydrogens is 392 g/mol. The molecule has 0 spiro atoms. The van der Waals surface area contributed by atoms with Crippen LogP contribution in [0.5, 0.6) is 0 Å². The van der Waals surface area contributed by atoms with Gasteiger partial charge in [0.05, 0.1) is 25.3 Å². The van der Waals surface area contributed by atoms with Crippen molar-refractivity contribution in [2.45, 2.75) is 38.0 Å². The SMILES string of the molecule is O=C(Cc1ccc(F)c(F)c1)C1CC2COCC(C1)N2C(=O)OCc1ccccc1. The van der Waals surface area contributed by atoms with Gasteiger partial charge in [0.1, 0.15) is 12.4 Å². The Kier molecular flexibility index (Phi) is 6.08. The van der Waals surface area contributed by atoms with Gasteiger partial charge in [0.15, 0.2) is 11.6 Å². The van der Waals surface area contributed by atoms with Crippen LogP contribution in [0.15, 0.2) is 48.5 Å². The molecule has 2 aromatic carbocycles. The van der Waals surface area contributed by atoms with Crippen LogP contribution in [0.25, 0.3) is 0 Å². The van der Waals surface area contributed by atoms with Gasteiger partial charge in [-0.3, -0.25) is 9.69 Å². The van der Waals surface area contributed by atoms with Gasteiger partial charge in [-0.05, 0) is 36.1 Å². The molecule has 0 aromatic heterocycles. The Morgan fingerprint density at radius 1 is 0.967 bits per heavy atom. The van der Waals surface area contributed by atoms with Crippen LogP contribution in [-0.4, -0.2) is 42.1 Å². The Morgan fingerprint density at radius 3 is 2.33 bits per heavy atom. The molecule has 0 N–H and O–H groups in total. The van der Waals surface area contributed by atoms with Gasteiger partial charge in [-0.15, -0.1) is 0 Å². The molecule has 30 heavy (non-hydrogen) atoms. The highest BCUT2D eigenvalue weighted by Gasteiger charge is 2.44. The first kappa shape index (κ1) is 20.5. The fraction of sp³-hybridized carbons (Fsp3) is 0.391. The Balaban J connectivity index is 1.38. The van der Waals surface area contributed by atoms with Crippen molar-refractivity contribution in [2.24, 2.45) is 5.92 Å². The molecule has 2 unspecified atom stereocenters. The lowest BCUT2D eigenvalue weighted by Crippen LogP contribution is -2.60. The minimum absolute atomic E-state index is 0.0322. The minimum atomic E-state index is -0.957. The monoisotopic (exact) mass is 415 g/mol. The maximum atomic E-state index is 13.4. The predicted octanol–water partition coefficient (Wildman–Crippen LogP) is 3.89. The Bertz CT molecular complexity index is 907. The smallest absolute Gasteiger partial charge is 0.410 e. The summed E-state index contributed by atoms with van der Waals surface area (Å²) < 4.78 is 37.6. The fourth-order valence-corrected chi connectivity index (χ4v) is 4.27. The normalized spacial score (nSPS) is 23.1. The van der Waals surface area contributed by atoms with Crippen molar-refractivity contribution in [3.05, 3.63) is 71.3 Å². The van der Waals surface area contributed by atoms with E-state index in [1.54, 1.807) is 4.90 Å². The molecule has 2 heterocycles. The zero-order chi connectivity index (χ0) is 21.1. The van der Waals surface area contributed by atoms with E-state index in [2.05, 4.69) is 0 Å². The second kappa shape index (κ2) is 8.92. The summed E-state index contributed by atoms with van der Waals surface area (Å²) >= 11 is 0. The summed E-state index contributed by atoms with van der Waals surface area (Å²) in [5.41, 5.74) is 1.36. The number of amides is 1. The maximum Gasteiger partial charge on any atom is 0.410 e. The summed E-state index contributed by atoms with van der Waals surface area (Å²) in [5, 5.41) is 0. The second-order valence-corrected chi connectivity index (χ2v) is 7.85. The topological polar surface area (TPSA) is 55.8 Å². The highest BCUT2D eigenvalue weighted by atomic mass is 19.2. The molecule has 2 atom stereocenters. The van der Waals surface area contributed by atoms with Gasteiger partial charge in [-0.2, -0.15) is 0 Å². The van der Waals surface area contributed by atoms with E-state index in [9.17, 15) is 18.4 Å². The molecule has 2 aliphatic rings. The first-order chi connectivity index (χ1) is 14.5. The van der Waals surface area contributed by atoms with Gasteiger partial charge in [0.2, 0.25) is 0 Å². The number of Topliss-reactive ketones (excluding diaryl/α,β-unsaturated/α-hetero) is 1. The summed E-state index contributed by atoms with van der Waals surface area (Å²) in [6, 6.07) is 12.5. The van der Waals surface area contributed by atoms with Gasteiger partial charge >= 0.3 is 6.09 Å². The zero-order valence-corrected chi connectivity index (χ0v) is 16.4. The van der Waals surface area contributed by atoms with E-state index in [4.69, 9.17) is 9.47 Å². The molecule has 2 aromatic rings. The van der Waals surface area contributed by atoms with Crippen LogP contribution < -0.4 is 0 Å². The number of piperidine rings is 1. The van der Waals surface area contributed by atoms with Crippen LogP contribution in [0.2, 0.25) is 0 Å². The first-order valence-corrected chi connectivity index (χ1v) is 10.0. The molecule has 158 valence electrons. The highest BCUT2D eigenvalue weighted by Crippen LogP contribution is 2.33. The van der Waals surface area contributed by atoms with E-state index in [0.717, 1.165) is 17.7 Å². The lowest BCUT2D eigenvalue weighted by atomic mass is 9.81. The quantitative estimate of drug-likeness (QED) is 0.744. The van der Waals surface area contributed by atoms with Crippen LogP contribution >= 0.6 is 0 Å². The van der Waals surface area contributed by atoms with Crippen molar-refractivity contribution >= 4 is 11.9 Å². The van der Waals surface area contributed by atoms with Crippen LogP contribution in [-0.2, 0) is 27.3 Å². The minimum Gasteiger partial charge on any atom is -0.445 e. The third kappa shape index (κ3) is 4.51. The summed E-state index contributed by atoms with van der Waals surface area (Å²) in [7, 11) is 0. The number of fused-ring (bicyclic) bond motifs is 2. The number of carbonyl (C=O) groups excluding carboxylic acids is 2. The standard InChI is InChI=1S/C23H23F2NO4/c24-20-7-6-16(8-21(20)25)9-22(27)17-10-18-13-29-14-19(11-17)26(18)23(28)30-12-15-4-2-1-3-5-15/h1-8,17-19H,9-14H2. The van der Waals surface area contributed by atoms with Crippen molar-refractivity contribution in [1.82, 2.24) is 4.90 Å². The second-order valence-electron chi connectivity index (χ2n) is 7.85.